The number of benzene rings is 3. The molecule has 2 amide bonds. The van der Waals surface area contributed by atoms with Gasteiger partial charge in [0.25, 0.3) is 10.0 Å². The summed E-state index contributed by atoms with van der Waals surface area (Å²) in [5.74, 6) is -0.471. The molecule has 0 saturated carbocycles. The van der Waals surface area contributed by atoms with E-state index in [-0.39, 0.29) is 33.6 Å². The number of carbonyl (C=O) groups excluding carboxylic acids is 2. The Morgan fingerprint density at radius 2 is 1.54 bits per heavy atom. The molecule has 0 unspecified atom stereocenters. The van der Waals surface area contributed by atoms with Crippen LogP contribution < -0.4 is 23.8 Å². The van der Waals surface area contributed by atoms with Gasteiger partial charge in [0.05, 0.1) is 31.9 Å². The van der Waals surface area contributed by atoms with Crippen LogP contribution in [0.15, 0.2) is 65.6 Å². The van der Waals surface area contributed by atoms with Crippen molar-refractivity contribution in [3.63, 3.8) is 0 Å². The van der Waals surface area contributed by atoms with E-state index in [2.05, 4.69) is 5.32 Å². The fraction of sp³-hybridized carbons (Fsp3) is 0.286. The highest BCUT2D eigenvalue weighted by molar-refractivity contribution is 7.92. The molecular formula is C28H31Cl2N3O7S. The Morgan fingerprint density at radius 1 is 0.902 bits per heavy atom. The van der Waals surface area contributed by atoms with Crippen molar-refractivity contribution in [1.82, 2.24) is 10.2 Å². The Hall–Kier alpha value is -3.67. The zero-order valence-electron chi connectivity index (χ0n) is 23.2. The second-order valence-corrected chi connectivity index (χ2v) is 11.5. The molecule has 0 saturated heterocycles. The SMILES string of the molecule is CNC(=O)[C@H](C)N(Cc1ccccc1Cl)C(=O)CN(c1cc(Cl)ccc1OC)S(=O)(=O)c1ccc(OC)c(OC)c1. The summed E-state index contributed by atoms with van der Waals surface area (Å²) in [7, 11) is 1.18. The smallest absolute Gasteiger partial charge is 0.265 e. The lowest BCUT2D eigenvalue weighted by Gasteiger charge is -2.32. The molecule has 0 fully saturated rings. The number of methoxy groups -OCH3 is 3. The van der Waals surface area contributed by atoms with E-state index in [1.54, 1.807) is 31.2 Å². The Balaban J connectivity index is 2.16. The highest BCUT2D eigenvalue weighted by Gasteiger charge is 2.34. The number of nitrogens with zero attached hydrogens (tertiary/aromatic N) is 2. The molecule has 3 aromatic carbocycles. The first-order valence-corrected chi connectivity index (χ1v) is 14.5. The summed E-state index contributed by atoms with van der Waals surface area (Å²) in [4.78, 5) is 27.7. The van der Waals surface area contributed by atoms with E-state index < -0.39 is 34.4 Å². The third-order valence-corrected chi connectivity index (χ3v) is 8.70. The molecule has 0 heterocycles. The third kappa shape index (κ3) is 7.16. The Kier molecular flexibility index (Phi) is 10.7. The number of hydrogen-bond acceptors (Lipinski definition) is 7. The van der Waals surface area contributed by atoms with E-state index in [1.165, 1.54) is 69.7 Å². The lowest BCUT2D eigenvalue weighted by Crippen LogP contribution is -2.50. The van der Waals surface area contributed by atoms with Gasteiger partial charge < -0.3 is 24.4 Å². The average molecular weight is 625 g/mol. The Labute approximate surface area is 249 Å². The average Bonchev–Trinajstić information content (AvgIpc) is 2.97. The van der Waals surface area contributed by atoms with Crippen molar-refractivity contribution in [2.75, 3.05) is 39.2 Å². The second-order valence-electron chi connectivity index (χ2n) is 8.75. The first-order valence-electron chi connectivity index (χ1n) is 12.3. The van der Waals surface area contributed by atoms with E-state index in [1.807, 2.05) is 0 Å². The maximum atomic E-state index is 14.2. The van der Waals surface area contributed by atoms with Crippen molar-refractivity contribution in [2.45, 2.75) is 24.4 Å². The van der Waals surface area contributed by atoms with Gasteiger partial charge in [-0.05, 0) is 48.9 Å². The van der Waals surface area contributed by atoms with Gasteiger partial charge in [-0.3, -0.25) is 13.9 Å². The maximum Gasteiger partial charge on any atom is 0.265 e. The second kappa shape index (κ2) is 13.8. The van der Waals surface area contributed by atoms with Crippen molar-refractivity contribution >= 4 is 50.7 Å². The van der Waals surface area contributed by atoms with Gasteiger partial charge in [-0.15, -0.1) is 0 Å². The van der Waals surface area contributed by atoms with Gasteiger partial charge in [0.15, 0.2) is 11.5 Å². The van der Waals surface area contributed by atoms with Crippen molar-refractivity contribution in [3.8, 4) is 17.2 Å². The topological polar surface area (TPSA) is 114 Å². The lowest BCUT2D eigenvalue weighted by atomic mass is 10.1. The molecule has 13 heteroatoms. The molecule has 0 radical (unpaired) electrons. The standard InChI is InChI=1S/C28H31Cl2N3O7S/c1-18(28(35)31-2)32(16-19-8-6-7-9-22(19)30)27(34)17-33(23-14-20(29)10-12-24(23)38-3)41(36,37)21-11-13-25(39-4)26(15-21)40-5/h6-15,18H,16-17H2,1-5H3,(H,31,35)/t18-/m0/s1. The molecule has 3 rings (SSSR count). The molecule has 0 spiro atoms. The molecule has 0 aliphatic heterocycles. The number of carbonyl (C=O) groups is 2. The van der Waals surface area contributed by atoms with Crippen LogP contribution in [0, 0.1) is 0 Å². The monoisotopic (exact) mass is 623 g/mol. The quantitative estimate of drug-likeness (QED) is 0.318. The molecule has 1 atom stereocenters. The summed E-state index contributed by atoms with van der Waals surface area (Å²) in [5.41, 5.74) is 0.598. The third-order valence-electron chi connectivity index (χ3n) is 6.34. The molecule has 0 aliphatic rings. The fourth-order valence-electron chi connectivity index (χ4n) is 4.08. The van der Waals surface area contributed by atoms with Crippen molar-refractivity contribution in [2.24, 2.45) is 0 Å². The van der Waals surface area contributed by atoms with Crippen molar-refractivity contribution < 1.29 is 32.2 Å². The number of amides is 2. The van der Waals surface area contributed by atoms with Gasteiger partial charge in [-0.2, -0.15) is 0 Å². The molecule has 0 aromatic heterocycles. The van der Waals surface area contributed by atoms with Crippen LogP contribution in [0.1, 0.15) is 12.5 Å². The van der Waals surface area contributed by atoms with Crippen LogP contribution in [0.5, 0.6) is 17.2 Å². The summed E-state index contributed by atoms with van der Waals surface area (Å²) in [6, 6.07) is 14.4. The summed E-state index contributed by atoms with van der Waals surface area (Å²) in [5, 5.41) is 3.13. The minimum absolute atomic E-state index is 0.0217. The zero-order valence-corrected chi connectivity index (χ0v) is 25.5. The van der Waals surface area contributed by atoms with Gasteiger partial charge in [-0.1, -0.05) is 41.4 Å². The van der Waals surface area contributed by atoms with E-state index in [4.69, 9.17) is 37.4 Å². The maximum absolute atomic E-state index is 14.2. The summed E-state index contributed by atoms with van der Waals surface area (Å²) < 4.78 is 45.2. The van der Waals surface area contributed by atoms with Gasteiger partial charge in [0, 0.05) is 29.7 Å². The van der Waals surface area contributed by atoms with Gasteiger partial charge in [-0.25, -0.2) is 8.42 Å². The molecule has 1 N–H and O–H groups in total. The van der Waals surface area contributed by atoms with E-state index >= 15 is 0 Å². The first kappa shape index (κ1) is 31.9. The summed E-state index contributed by atoms with van der Waals surface area (Å²) in [6.45, 7) is 0.796. The molecular weight excluding hydrogens is 593 g/mol. The molecule has 0 bridgehead atoms. The zero-order chi connectivity index (χ0) is 30.3. The molecule has 3 aromatic rings. The number of halogens is 2. The van der Waals surface area contributed by atoms with Crippen LogP contribution in [0.2, 0.25) is 10.0 Å². The Morgan fingerprint density at radius 3 is 2.15 bits per heavy atom. The van der Waals surface area contributed by atoms with Gasteiger partial charge in [0.2, 0.25) is 11.8 Å². The van der Waals surface area contributed by atoms with Crippen molar-refractivity contribution in [1.29, 1.82) is 0 Å². The number of sulfonamides is 1. The number of anilines is 1. The normalized spacial score (nSPS) is 11.8. The van der Waals surface area contributed by atoms with E-state index in [0.29, 0.717) is 16.3 Å². The fourth-order valence-corrected chi connectivity index (χ4v) is 5.87. The van der Waals surface area contributed by atoms with Crippen molar-refractivity contribution in [3.05, 3.63) is 76.3 Å². The largest absolute Gasteiger partial charge is 0.495 e. The number of ether oxygens (including phenoxy) is 3. The minimum atomic E-state index is -4.44. The van der Waals surface area contributed by atoms with E-state index in [0.717, 1.165) is 4.31 Å². The predicted octanol–water partition coefficient (Wildman–Crippen LogP) is 4.38. The number of rotatable bonds is 12. The highest BCUT2D eigenvalue weighted by Crippen LogP contribution is 2.37. The Bertz CT molecular complexity index is 1520. The summed E-state index contributed by atoms with van der Waals surface area (Å²) >= 11 is 12.6. The number of hydrogen-bond donors (Lipinski definition) is 1. The van der Waals surface area contributed by atoms with Gasteiger partial charge >= 0.3 is 0 Å². The van der Waals surface area contributed by atoms with E-state index in [9.17, 15) is 18.0 Å². The molecule has 10 nitrogen and oxygen atoms in total. The first-order chi connectivity index (χ1) is 19.5. The predicted molar refractivity (Wildman–Crippen MR) is 158 cm³/mol. The van der Waals surface area contributed by atoms with Crippen LogP contribution in [0.3, 0.4) is 0 Å². The van der Waals surface area contributed by atoms with Crippen LogP contribution in [-0.2, 0) is 26.2 Å². The molecule has 0 aliphatic carbocycles. The highest BCUT2D eigenvalue weighted by atomic mass is 35.5. The van der Waals surface area contributed by atoms with Crippen LogP contribution in [0.4, 0.5) is 5.69 Å². The van der Waals surface area contributed by atoms with Gasteiger partial charge in [0.1, 0.15) is 18.3 Å². The number of likely N-dealkylation sites (N-methyl/N-ethyl adjacent to an activating group) is 1. The molecule has 41 heavy (non-hydrogen) atoms. The lowest BCUT2D eigenvalue weighted by molar-refractivity contribution is -0.139. The summed E-state index contributed by atoms with van der Waals surface area (Å²) in [6.07, 6.45) is 0. The van der Waals surface area contributed by atoms with Crippen LogP contribution in [0.25, 0.3) is 0 Å². The molecule has 220 valence electrons. The minimum Gasteiger partial charge on any atom is -0.495 e. The van der Waals surface area contributed by atoms with Crippen LogP contribution in [-0.4, -0.2) is 66.1 Å². The van der Waals surface area contributed by atoms with Crippen LogP contribution >= 0.6 is 23.2 Å². The number of nitrogens with one attached hydrogen (secondary N) is 1.